The largest absolute Gasteiger partial charge is 0.394 e. The minimum Gasteiger partial charge on any atom is -0.394 e. The lowest BCUT2D eigenvalue weighted by Gasteiger charge is -2.28. The van der Waals surface area contributed by atoms with E-state index >= 15 is 0 Å². The van der Waals surface area contributed by atoms with Gasteiger partial charge < -0.3 is 25.6 Å². The Morgan fingerprint density at radius 3 is 2.20 bits per heavy atom. The molecule has 2 amide bonds. The standard InChI is InChI=1S/C8H20N2O4Si/c1-2-3-15-10-7(14)9-8(4-11,5-12)6-13/h11-13H,2-6,15H2,1H3,(H2,9,10,14). The number of amides is 2. The Hall–Kier alpha value is -0.633. The van der Waals surface area contributed by atoms with Gasteiger partial charge in [-0.05, 0) is 6.04 Å². The zero-order valence-corrected chi connectivity index (χ0v) is 10.4. The summed E-state index contributed by atoms with van der Waals surface area (Å²) < 4.78 is 0. The lowest BCUT2D eigenvalue weighted by molar-refractivity contribution is 0.0498. The maximum Gasteiger partial charge on any atom is 0.307 e. The molecule has 5 N–H and O–H groups in total. The van der Waals surface area contributed by atoms with Crippen molar-refractivity contribution in [1.82, 2.24) is 10.3 Å². The Morgan fingerprint density at radius 2 is 1.80 bits per heavy atom. The SMILES string of the molecule is CCC[SiH2]NC(=O)NC(CO)(CO)CO. The Morgan fingerprint density at radius 1 is 1.27 bits per heavy atom. The minimum atomic E-state index is -1.33. The summed E-state index contributed by atoms with van der Waals surface area (Å²) in [7, 11) is -0.635. The van der Waals surface area contributed by atoms with E-state index in [1.807, 2.05) is 6.92 Å². The molecule has 0 bridgehead atoms. The summed E-state index contributed by atoms with van der Waals surface area (Å²) >= 11 is 0. The van der Waals surface area contributed by atoms with Crippen LogP contribution in [0.25, 0.3) is 0 Å². The molecule has 90 valence electrons. The van der Waals surface area contributed by atoms with Crippen molar-refractivity contribution in [1.29, 1.82) is 0 Å². The van der Waals surface area contributed by atoms with Crippen molar-refractivity contribution >= 4 is 15.7 Å². The van der Waals surface area contributed by atoms with Crippen molar-refractivity contribution in [3.05, 3.63) is 0 Å². The number of carbonyl (C=O) groups excluding carboxylic acids is 1. The first-order chi connectivity index (χ1) is 7.14. The lowest BCUT2D eigenvalue weighted by atomic mass is 10.0. The van der Waals surface area contributed by atoms with E-state index < -0.39 is 41.1 Å². The Bertz CT molecular complexity index is 179. The molecular formula is C8H20N2O4Si. The number of aliphatic hydroxyl groups is 3. The van der Waals surface area contributed by atoms with E-state index in [-0.39, 0.29) is 0 Å². The zero-order chi connectivity index (χ0) is 11.7. The smallest absolute Gasteiger partial charge is 0.307 e. The highest BCUT2D eigenvalue weighted by Crippen LogP contribution is 2.00. The summed E-state index contributed by atoms with van der Waals surface area (Å²) in [6.07, 6.45) is 1.03. The fourth-order valence-corrected chi connectivity index (χ4v) is 1.78. The van der Waals surface area contributed by atoms with E-state index in [1.165, 1.54) is 0 Å². The van der Waals surface area contributed by atoms with Gasteiger partial charge in [-0.2, -0.15) is 0 Å². The number of hydrogen-bond acceptors (Lipinski definition) is 4. The number of nitrogens with one attached hydrogen (secondary N) is 2. The van der Waals surface area contributed by atoms with Gasteiger partial charge in [0, 0.05) is 0 Å². The van der Waals surface area contributed by atoms with Crippen LogP contribution in [0.5, 0.6) is 0 Å². The lowest BCUT2D eigenvalue weighted by Crippen LogP contribution is -2.59. The molecule has 0 aliphatic rings. The van der Waals surface area contributed by atoms with Gasteiger partial charge in [-0.25, -0.2) is 4.79 Å². The van der Waals surface area contributed by atoms with E-state index in [2.05, 4.69) is 10.3 Å². The third kappa shape index (κ3) is 5.12. The number of rotatable bonds is 7. The quantitative estimate of drug-likeness (QED) is 0.258. The normalized spacial score (nSPS) is 12.0. The molecule has 0 atom stereocenters. The van der Waals surface area contributed by atoms with E-state index in [0.29, 0.717) is 0 Å². The van der Waals surface area contributed by atoms with Crippen LogP contribution in [0.15, 0.2) is 0 Å². The summed E-state index contributed by atoms with van der Waals surface area (Å²) in [5.41, 5.74) is -1.33. The Balaban J connectivity index is 4.00. The first kappa shape index (κ1) is 14.4. The van der Waals surface area contributed by atoms with Crippen molar-refractivity contribution in [3.8, 4) is 0 Å². The van der Waals surface area contributed by atoms with Crippen LogP contribution in [0, 0.1) is 0 Å². The maximum absolute atomic E-state index is 11.3. The summed E-state index contributed by atoms with van der Waals surface area (Å²) in [6, 6.07) is 0.560. The average Bonchev–Trinajstić information content (AvgIpc) is 2.26. The van der Waals surface area contributed by atoms with E-state index in [1.54, 1.807) is 0 Å². The van der Waals surface area contributed by atoms with E-state index in [9.17, 15) is 4.79 Å². The van der Waals surface area contributed by atoms with Gasteiger partial charge in [0.15, 0.2) is 0 Å². The summed E-state index contributed by atoms with van der Waals surface area (Å²) in [5, 5.41) is 29.2. The molecule has 7 heteroatoms. The second-order valence-electron chi connectivity index (χ2n) is 3.49. The fourth-order valence-electron chi connectivity index (χ4n) is 0.932. The number of aliphatic hydroxyl groups excluding tert-OH is 3. The van der Waals surface area contributed by atoms with Crippen molar-refractivity contribution in [3.63, 3.8) is 0 Å². The van der Waals surface area contributed by atoms with Crippen molar-refractivity contribution in [2.45, 2.75) is 24.9 Å². The minimum absolute atomic E-state index is 0.438. The van der Waals surface area contributed by atoms with Crippen LogP contribution in [-0.2, 0) is 0 Å². The highest BCUT2D eigenvalue weighted by molar-refractivity contribution is 6.36. The summed E-state index contributed by atoms with van der Waals surface area (Å²) in [6.45, 7) is 0.542. The first-order valence-corrected chi connectivity index (χ1v) is 6.73. The maximum atomic E-state index is 11.3. The van der Waals surface area contributed by atoms with Crippen molar-refractivity contribution in [2.75, 3.05) is 19.8 Å². The molecule has 0 aromatic rings. The van der Waals surface area contributed by atoms with Crippen LogP contribution < -0.4 is 10.3 Å². The fraction of sp³-hybridized carbons (Fsp3) is 0.875. The molecule has 0 aromatic heterocycles. The molecule has 0 spiro atoms. The van der Waals surface area contributed by atoms with Crippen LogP contribution in [0.4, 0.5) is 4.79 Å². The molecule has 0 saturated carbocycles. The van der Waals surface area contributed by atoms with Crippen LogP contribution >= 0.6 is 0 Å². The van der Waals surface area contributed by atoms with Gasteiger partial charge in [0.25, 0.3) is 0 Å². The van der Waals surface area contributed by atoms with Crippen LogP contribution in [0.2, 0.25) is 6.04 Å². The molecule has 0 unspecified atom stereocenters. The van der Waals surface area contributed by atoms with Crippen LogP contribution in [-0.4, -0.2) is 56.4 Å². The van der Waals surface area contributed by atoms with Crippen molar-refractivity contribution in [2.24, 2.45) is 0 Å². The molecule has 0 heterocycles. The predicted octanol–water partition coefficient (Wildman–Crippen LogP) is -2.09. The predicted molar refractivity (Wildman–Crippen MR) is 59.3 cm³/mol. The molecule has 15 heavy (non-hydrogen) atoms. The first-order valence-electron chi connectivity index (χ1n) is 5.02. The molecule has 0 radical (unpaired) electrons. The number of carbonyl (C=O) groups is 1. The van der Waals surface area contributed by atoms with Gasteiger partial charge in [-0.15, -0.1) is 0 Å². The van der Waals surface area contributed by atoms with Gasteiger partial charge >= 0.3 is 6.03 Å². The molecule has 0 aliphatic heterocycles. The Labute approximate surface area is 91.6 Å². The molecule has 0 saturated heterocycles. The second kappa shape index (κ2) is 7.63. The topological polar surface area (TPSA) is 102 Å². The molecule has 0 aliphatic carbocycles. The molecule has 0 rings (SSSR count). The molecule has 6 nitrogen and oxygen atoms in total. The molecule has 0 aromatic carbocycles. The van der Waals surface area contributed by atoms with Crippen LogP contribution in [0.1, 0.15) is 13.3 Å². The third-order valence-electron chi connectivity index (χ3n) is 2.10. The summed E-state index contributed by atoms with van der Waals surface area (Å²) in [5.74, 6) is 0. The molecule has 0 fully saturated rings. The van der Waals surface area contributed by atoms with E-state index in [4.69, 9.17) is 15.3 Å². The number of urea groups is 1. The molecular weight excluding hydrogens is 216 g/mol. The zero-order valence-electron chi connectivity index (χ0n) is 8.99. The highest BCUT2D eigenvalue weighted by atomic mass is 28.2. The monoisotopic (exact) mass is 236 g/mol. The highest BCUT2D eigenvalue weighted by Gasteiger charge is 2.29. The van der Waals surface area contributed by atoms with Gasteiger partial charge in [0.05, 0.1) is 19.8 Å². The number of hydrogen-bond donors (Lipinski definition) is 5. The van der Waals surface area contributed by atoms with Gasteiger partial charge in [-0.3, -0.25) is 0 Å². The third-order valence-corrected chi connectivity index (χ3v) is 3.73. The van der Waals surface area contributed by atoms with Crippen LogP contribution in [0.3, 0.4) is 0 Å². The van der Waals surface area contributed by atoms with Gasteiger partial charge in [-0.1, -0.05) is 13.3 Å². The van der Waals surface area contributed by atoms with E-state index in [0.717, 1.165) is 12.5 Å². The second-order valence-corrected chi connectivity index (χ2v) is 5.05. The average molecular weight is 236 g/mol. The summed E-state index contributed by atoms with van der Waals surface area (Å²) in [4.78, 5) is 14.0. The van der Waals surface area contributed by atoms with Crippen molar-refractivity contribution < 1.29 is 20.1 Å². The van der Waals surface area contributed by atoms with Gasteiger partial charge in [0.1, 0.15) is 15.2 Å². The van der Waals surface area contributed by atoms with Gasteiger partial charge in [0.2, 0.25) is 0 Å². The Kier molecular flexibility index (Phi) is 7.31.